The number of phenolic OH excluding ortho intramolecular Hbond substituents is 1. The summed E-state index contributed by atoms with van der Waals surface area (Å²) in [5, 5.41) is 11.6. The van der Waals surface area contributed by atoms with Gasteiger partial charge in [0, 0.05) is 11.1 Å². The fourth-order valence-corrected chi connectivity index (χ4v) is 5.42. The van der Waals surface area contributed by atoms with Crippen LogP contribution in [0.5, 0.6) is 5.75 Å². The second kappa shape index (κ2) is 10.5. The average Bonchev–Trinajstić information content (AvgIpc) is 2.62. The Bertz CT molecular complexity index is 775. The van der Waals surface area contributed by atoms with Gasteiger partial charge < -0.3 is 18.4 Å². The summed E-state index contributed by atoms with van der Waals surface area (Å²) in [6.45, 7) is 35.1. The van der Waals surface area contributed by atoms with Crippen molar-refractivity contribution in [2.75, 3.05) is 0 Å². The summed E-state index contributed by atoms with van der Waals surface area (Å²) in [6, 6.07) is 4.12. The molecule has 4 nitrogen and oxygen atoms in total. The highest BCUT2D eigenvalue weighted by Gasteiger charge is 2.39. The predicted molar refractivity (Wildman–Crippen MR) is 154 cm³/mol. The van der Waals surface area contributed by atoms with Crippen molar-refractivity contribution in [1.29, 1.82) is 0 Å². The van der Waals surface area contributed by atoms with Crippen LogP contribution in [-0.4, -0.2) is 30.1 Å². The normalized spacial score (nSPS) is 14.6. The topological polar surface area (TPSA) is 47.9 Å². The van der Waals surface area contributed by atoms with E-state index >= 15 is 0 Å². The number of benzene rings is 1. The first-order chi connectivity index (χ1) is 14.9. The Hall–Kier alpha value is -0.449. The molecule has 1 rings (SSSR count). The van der Waals surface area contributed by atoms with Gasteiger partial charge in [0.15, 0.2) is 25.0 Å². The van der Waals surface area contributed by atoms with Gasteiger partial charge in [0.25, 0.3) is 0 Å². The number of hydrogen-bond acceptors (Lipinski definition) is 4. The molecule has 0 atom stereocenters. The van der Waals surface area contributed by atoms with Crippen LogP contribution in [-0.2, 0) is 33.1 Å². The highest BCUT2D eigenvalue weighted by molar-refractivity contribution is 6.74. The maximum absolute atomic E-state index is 11.2. The Morgan fingerprint density at radius 1 is 0.559 bits per heavy atom. The van der Waals surface area contributed by atoms with Gasteiger partial charge in [0.2, 0.25) is 0 Å². The smallest absolute Gasteiger partial charge is 0.192 e. The predicted octanol–water partition coefficient (Wildman–Crippen LogP) is 8.96. The molecule has 198 valence electrons. The number of hydrogen-bond donors (Lipinski definition) is 1. The minimum atomic E-state index is -1.95. The van der Waals surface area contributed by atoms with Crippen LogP contribution in [0.3, 0.4) is 0 Å². The van der Waals surface area contributed by atoms with E-state index in [0.29, 0.717) is 25.6 Å². The van der Waals surface area contributed by atoms with E-state index in [2.05, 4.69) is 114 Å². The van der Waals surface area contributed by atoms with Crippen molar-refractivity contribution in [2.45, 2.75) is 137 Å². The highest BCUT2D eigenvalue weighted by atomic mass is 28.4. The fourth-order valence-electron chi connectivity index (χ4n) is 2.57. The molecule has 0 radical (unpaired) electrons. The van der Waals surface area contributed by atoms with Crippen LogP contribution in [0.25, 0.3) is 0 Å². The molecule has 0 heterocycles. The second-order valence-corrected chi connectivity index (χ2v) is 28.8. The minimum absolute atomic E-state index is 0.111. The zero-order valence-corrected chi connectivity index (χ0v) is 27.9. The largest absolute Gasteiger partial charge is 0.507 e. The van der Waals surface area contributed by atoms with Gasteiger partial charge in [-0.25, -0.2) is 0 Å². The Labute approximate surface area is 214 Å². The molecule has 34 heavy (non-hydrogen) atoms. The first kappa shape index (κ1) is 31.6. The molecule has 0 bridgehead atoms. The van der Waals surface area contributed by atoms with Gasteiger partial charge in [-0.05, 0) is 72.1 Å². The van der Waals surface area contributed by atoms with E-state index in [1.807, 2.05) is 0 Å². The molecule has 0 aliphatic carbocycles. The molecule has 0 saturated heterocycles. The molecule has 1 N–H and O–H groups in total. The number of phenols is 1. The molecule has 1 aromatic carbocycles. The Morgan fingerprint density at radius 3 is 1.09 bits per heavy atom. The summed E-state index contributed by atoms with van der Waals surface area (Å²) in [7, 11) is -5.80. The van der Waals surface area contributed by atoms with E-state index < -0.39 is 25.0 Å². The number of aromatic hydroxyl groups is 1. The molecule has 0 fully saturated rings. The van der Waals surface area contributed by atoms with Gasteiger partial charge in [0.05, 0.1) is 19.8 Å². The van der Waals surface area contributed by atoms with Gasteiger partial charge in [-0.1, -0.05) is 62.3 Å². The van der Waals surface area contributed by atoms with Gasteiger partial charge in [-0.15, -0.1) is 0 Å². The van der Waals surface area contributed by atoms with E-state index in [0.717, 1.165) is 16.7 Å². The maximum Gasteiger partial charge on any atom is 0.192 e. The molecule has 0 unspecified atom stereocenters. The molecule has 1 aromatic rings. The summed E-state index contributed by atoms with van der Waals surface area (Å²) in [5.74, 6) is 0.300. The molecule has 0 aliphatic rings. The summed E-state index contributed by atoms with van der Waals surface area (Å²) in [5.41, 5.74) is 2.73. The Balaban J connectivity index is 3.30. The van der Waals surface area contributed by atoms with Crippen molar-refractivity contribution >= 4 is 25.0 Å². The quantitative estimate of drug-likeness (QED) is 0.326. The lowest BCUT2D eigenvalue weighted by atomic mass is 10.1. The first-order valence-corrected chi connectivity index (χ1v) is 21.4. The zero-order valence-electron chi connectivity index (χ0n) is 24.9. The van der Waals surface area contributed by atoms with Crippen molar-refractivity contribution in [1.82, 2.24) is 0 Å². The van der Waals surface area contributed by atoms with Crippen molar-refractivity contribution in [2.24, 2.45) is 0 Å². The Morgan fingerprint density at radius 2 is 0.824 bits per heavy atom. The van der Waals surface area contributed by atoms with Gasteiger partial charge in [0.1, 0.15) is 5.75 Å². The van der Waals surface area contributed by atoms with Crippen LogP contribution in [0.1, 0.15) is 79.0 Å². The van der Waals surface area contributed by atoms with Crippen LogP contribution in [0, 0.1) is 0 Å². The van der Waals surface area contributed by atoms with Crippen LogP contribution in [0.15, 0.2) is 12.1 Å². The molecule has 0 aromatic heterocycles. The lowest BCUT2D eigenvalue weighted by Crippen LogP contribution is -2.41. The first-order valence-electron chi connectivity index (χ1n) is 12.7. The van der Waals surface area contributed by atoms with Crippen molar-refractivity contribution in [3.05, 3.63) is 28.8 Å². The Kier molecular flexibility index (Phi) is 9.75. The average molecular weight is 527 g/mol. The van der Waals surface area contributed by atoms with Gasteiger partial charge >= 0.3 is 0 Å². The fraction of sp³-hybridized carbons (Fsp3) is 0.778. The standard InChI is InChI=1S/C27H54O4Si3/c1-25(2,3)32(10,11)29-18-21-16-22(19-30-33(12,13)26(4,5)6)24(28)23(17-21)20-31-34(14,15)27(7,8)9/h16-17,28H,18-20H2,1-15H3. The molecule has 0 aliphatic heterocycles. The van der Waals surface area contributed by atoms with Gasteiger partial charge in [-0.3, -0.25) is 0 Å². The van der Waals surface area contributed by atoms with Crippen molar-refractivity contribution in [3.63, 3.8) is 0 Å². The summed E-state index contributed by atoms with van der Waals surface area (Å²) >= 11 is 0. The molecular weight excluding hydrogens is 473 g/mol. The maximum atomic E-state index is 11.2. The lowest BCUT2D eigenvalue weighted by Gasteiger charge is -2.37. The lowest BCUT2D eigenvalue weighted by molar-refractivity contribution is 0.257. The minimum Gasteiger partial charge on any atom is -0.507 e. The summed E-state index contributed by atoms with van der Waals surface area (Å²) in [6.07, 6.45) is 0. The van der Waals surface area contributed by atoms with Crippen molar-refractivity contribution in [3.8, 4) is 5.75 Å². The van der Waals surface area contributed by atoms with E-state index in [-0.39, 0.29) is 15.1 Å². The summed E-state index contributed by atoms with van der Waals surface area (Å²) < 4.78 is 19.5. The summed E-state index contributed by atoms with van der Waals surface area (Å²) in [4.78, 5) is 0. The van der Waals surface area contributed by atoms with Crippen LogP contribution >= 0.6 is 0 Å². The molecule has 0 saturated carbocycles. The second-order valence-electron chi connectivity index (χ2n) is 14.4. The third-order valence-electron chi connectivity index (χ3n) is 8.52. The van der Waals surface area contributed by atoms with E-state index in [1.165, 1.54) is 0 Å². The third-order valence-corrected chi connectivity index (χ3v) is 22.0. The molecular formula is C27H54O4Si3. The SMILES string of the molecule is CC(C)(C)[Si](C)(C)OCc1cc(CO[Si](C)(C)C(C)(C)C)c(O)c(CO[Si](C)(C)C(C)(C)C)c1. The van der Waals surface area contributed by atoms with Crippen LogP contribution in [0.2, 0.25) is 54.4 Å². The van der Waals surface area contributed by atoms with Crippen LogP contribution in [0.4, 0.5) is 0 Å². The third kappa shape index (κ3) is 8.03. The zero-order chi connectivity index (χ0) is 27.0. The highest BCUT2D eigenvalue weighted by Crippen LogP contribution is 2.41. The van der Waals surface area contributed by atoms with Gasteiger partial charge in [-0.2, -0.15) is 0 Å². The monoisotopic (exact) mass is 526 g/mol. The van der Waals surface area contributed by atoms with Crippen LogP contribution < -0.4 is 0 Å². The number of rotatable bonds is 9. The molecule has 7 heteroatoms. The molecule has 0 spiro atoms. The van der Waals surface area contributed by atoms with Crippen molar-refractivity contribution < 1.29 is 18.4 Å². The van der Waals surface area contributed by atoms with E-state index in [9.17, 15) is 5.11 Å². The van der Waals surface area contributed by atoms with E-state index in [1.54, 1.807) is 0 Å². The molecule has 0 amide bonds. The van der Waals surface area contributed by atoms with E-state index in [4.69, 9.17) is 13.3 Å².